The number of amides is 1. The second-order valence-corrected chi connectivity index (χ2v) is 7.87. The number of nitrogens with zero attached hydrogens (tertiary/aromatic N) is 1. The molecule has 6 nitrogen and oxygen atoms in total. The minimum atomic E-state index is -0.976. The van der Waals surface area contributed by atoms with E-state index in [4.69, 9.17) is 22.1 Å². The number of esters is 1. The first-order chi connectivity index (χ1) is 13.3. The number of aromatic nitrogens is 1. The van der Waals surface area contributed by atoms with Crippen LogP contribution in [0.1, 0.15) is 33.4 Å². The smallest absolute Gasteiger partial charge is 0.351 e. The number of carbonyl (C=O) groups is 2. The van der Waals surface area contributed by atoms with Crippen LogP contribution in [-0.2, 0) is 16.1 Å². The Bertz CT molecular complexity index is 1060. The molecule has 1 aromatic carbocycles. The van der Waals surface area contributed by atoms with E-state index >= 15 is 0 Å². The second-order valence-electron chi connectivity index (χ2n) is 6.46. The van der Waals surface area contributed by atoms with Crippen molar-refractivity contribution in [3.8, 4) is 0 Å². The zero-order chi connectivity index (χ0) is 20.4. The first-order valence-corrected chi connectivity index (χ1v) is 9.85. The summed E-state index contributed by atoms with van der Waals surface area (Å²) in [5, 5.41) is 4.02. The van der Waals surface area contributed by atoms with Crippen LogP contribution in [0.5, 0.6) is 0 Å². The van der Waals surface area contributed by atoms with E-state index in [9.17, 15) is 9.59 Å². The third kappa shape index (κ3) is 4.10. The van der Waals surface area contributed by atoms with Crippen LogP contribution in [0.4, 0.5) is 5.69 Å². The number of carbonyl (C=O) groups excluding carboxylic acids is 2. The number of anilines is 1. The Hall–Kier alpha value is -2.64. The van der Waals surface area contributed by atoms with Crippen LogP contribution in [0.2, 0.25) is 5.02 Å². The number of ether oxygens (including phenoxy) is 1. The van der Waals surface area contributed by atoms with Crippen LogP contribution in [0.25, 0.3) is 10.2 Å². The van der Waals surface area contributed by atoms with Crippen molar-refractivity contribution in [3.63, 3.8) is 0 Å². The molecule has 1 amide bonds. The van der Waals surface area contributed by atoms with E-state index in [2.05, 4.69) is 10.3 Å². The van der Waals surface area contributed by atoms with Gasteiger partial charge < -0.3 is 15.8 Å². The lowest BCUT2D eigenvalue weighted by Crippen LogP contribution is -2.35. The normalized spacial score (nSPS) is 12.0. The third-order valence-corrected chi connectivity index (χ3v) is 5.72. The Morgan fingerprint density at radius 3 is 2.75 bits per heavy atom. The molecule has 0 spiro atoms. The monoisotopic (exact) mass is 417 g/mol. The average molecular weight is 418 g/mol. The minimum absolute atomic E-state index is 0.244. The van der Waals surface area contributed by atoms with E-state index in [1.807, 2.05) is 38.1 Å². The van der Waals surface area contributed by atoms with Gasteiger partial charge in [0.15, 0.2) is 6.10 Å². The molecule has 3 N–H and O–H groups in total. The van der Waals surface area contributed by atoms with Crippen molar-refractivity contribution in [1.82, 2.24) is 10.3 Å². The molecular weight excluding hydrogens is 398 g/mol. The molecular formula is C20H20ClN3O3S. The molecule has 3 rings (SSSR count). The molecule has 2 heterocycles. The lowest BCUT2D eigenvalue weighted by molar-refractivity contribution is -0.129. The van der Waals surface area contributed by atoms with Crippen LogP contribution < -0.4 is 11.1 Å². The van der Waals surface area contributed by atoms with E-state index in [0.717, 1.165) is 22.2 Å². The summed E-state index contributed by atoms with van der Waals surface area (Å²) >= 11 is 7.24. The van der Waals surface area contributed by atoms with E-state index in [1.54, 1.807) is 6.07 Å². The van der Waals surface area contributed by atoms with Gasteiger partial charge in [0.25, 0.3) is 5.91 Å². The number of halogens is 1. The van der Waals surface area contributed by atoms with Crippen LogP contribution >= 0.6 is 22.9 Å². The van der Waals surface area contributed by atoms with Gasteiger partial charge in [-0.15, -0.1) is 11.3 Å². The van der Waals surface area contributed by atoms with Gasteiger partial charge in [-0.3, -0.25) is 4.79 Å². The molecule has 0 bridgehead atoms. The van der Waals surface area contributed by atoms with Crippen molar-refractivity contribution < 1.29 is 14.3 Å². The van der Waals surface area contributed by atoms with Gasteiger partial charge >= 0.3 is 5.97 Å². The number of thiophene rings is 1. The van der Waals surface area contributed by atoms with Gasteiger partial charge in [0.05, 0.1) is 5.69 Å². The summed E-state index contributed by atoms with van der Waals surface area (Å²) < 4.78 is 5.32. The van der Waals surface area contributed by atoms with Crippen LogP contribution in [0, 0.1) is 13.8 Å². The van der Waals surface area contributed by atoms with E-state index in [-0.39, 0.29) is 11.4 Å². The molecule has 28 heavy (non-hydrogen) atoms. The molecule has 0 saturated heterocycles. The van der Waals surface area contributed by atoms with Gasteiger partial charge in [0, 0.05) is 22.6 Å². The Kier molecular flexibility index (Phi) is 5.86. The third-order valence-electron chi connectivity index (χ3n) is 4.27. The number of pyridine rings is 1. The SMILES string of the molecule is Cc1cc(C)c2c(N)c(C(=O)OC(C)C(=O)NCc3ccccc3Cl)sc2n1. The number of nitrogens with one attached hydrogen (secondary N) is 1. The fraction of sp³-hybridized carbons (Fsp3) is 0.250. The van der Waals surface area contributed by atoms with Crippen molar-refractivity contribution in [3.05, 3.63) is 57.1 Å². The number of benzene rings is 1. The predicted molar refractivity (Wildman–Crippen MR) is 112 cm³/mol. The topological polar surface area (TPSA) is 94.3 Å². The maximum atomic E-state index is 12.6. The van der Waals surface area contributed by atoms with Crippen molar-refractivity contribution >= 4 is 50.7 Å². The number of fused-ring (bicyclic) bond motifs is 1. The van der Waals surface area contributed by atoms with E-state index in [0.29, 0.717) is 15.5 Å². The maximum absolute atomic E-state index is 12.6. The maximum Gasteiger partial charge on any atom is 0.351 e. The molecule has 0 aliphatic rings. The fourth-order valence-corrected chi connectivity index (χ4v) is 4.16. The van der Waals surface area contributed by atoms with Crippen LogP contribution in [-0.4, -0.2) is 23.0 Å². The van der Waals surface area contributed by atoms with Crippen LogP contribution in [0.3, 0.4) is 0 Å². The Morgan fingerprint density at radius 1 is 1.32 bits per heavy atom. The summed E-state index contributed by atoms with van der Waals surface area (Å²) in [4.78, 5) is 30.2. The fourth-order valence-electron chi connectivity index (χ4n) is 2.86. The molecule has 0 aliphatic carbocycles. The van der Waals surface area contributed by atoms with Crippen LogP contribution in [0.15, 0.2) is 30.3 Å². The van der Waals surface area contributed by atoms with E-state index < -0.39 is 18.0 Å². The quantitative estimate of drug-likeness (QED) is 0.611. The number of rotatable bonds is 5. The molecule has 0 radical (unpaired) electrons. The number of aryl methyl sites for hydroxylation is 2. The van der Waals surface area contributed by atoms with Gasteiger partial charge in [0.1, 0.15) is 9.71 Å². The predicted octanol–water partition coefficient (Wildman–Crippen LogP) is 4.01. The molecule has 1 atom stereocenters. The molecule has 2 aromatic heterocycles. The first kappa shape index (κ1) is 20.1. The Balaban J connectivity index is 1.69. The highest BCUT2D eigenvalue weighted by Gasteiger charge is 2.24. The summed E-state index contributed by atoms with van der Waals surface area (Å²) in [6.45, 7) is 5.55. The lowest BCUT2D eigenvalue weighted by Gasteiger charge is -2.13. The first-order valence-electron chi connectivity index (χ1n) is 8.66. The van der Waals surface area contributed by atoms with Crippen molar-refractivity contribution in [2.45, 2.75) is 33.4 Å². The molecule has 146 valence electrons. The standard InChI is InChI=1S/C20H20ClN3O3S/c1-10-8-11(2)24-19-15(10)16(22)17(28-19)20(26)27-12(3)18(25)23-9-13-6-4-5-7-14(13)21/h4-8,12H,9,22H2,1-3H3,(H,23,25). The van der Waals surface area contributed by atoms with Gasteiger partial charge in [-0.2, -0.15) is 0 Å². The van der Waals surface area contributed by atoms with E-state index in [1.165, 1.54) is 18.3 Å². The number of hydrogen-bond donors (Lipinski definition) is 2. The highest BCUT2D eigenvalue weighted by molar-refractivity contribution is 7.21. The number of nitrogen functional groups attached to an aromatic ring is 1. The minimum Gasteiger partial charge on any atom is -0.448 e. The molecule has 8 heteroatoms. The molecule has 0 fully saturated rings. The zero-order valence-electron chi connectivity index (χ0n) is 15.7. The highest BCUT2D eigenvalue weighted by atomic mass is 35.5. The summed E-state index contributed by atoms with van der Waals surface area (Å²) in [6, 6.07) is 9.11. The number of nitrogens with two attached hydrogens (primary N) is 1. The van der Waals surface area contributed by atoms with Gasteiger partial charge in [-0.25, -0.2) is 9.78 Å². The van der Waals surface area contributed by atoms with Crippen molar-refractivity contribution in [2.24, 2.45) is 0 Å². The molecule has 0 saturated carbocycles. The van der Waals surface area contributed by atoms with Gasteiger partial charge in [-0.1, -0.05) is 29.8 Å². The number of hydrogen-bond acceptors (Lipinski definition) is 6. The summed E-state index contributed by atoms with van der Waals surface area (Å²) in [5.74, 6) is -1.06. The average Bonchev–Trinajstić information content (AvgIpc) is 2.97. The highest BCUT2D eigenvalue weighted by Crippen LogP contribution is 2.35. The molecule has 0 aliphatic heterocycles. The summed E-state index contributed by atoms with van der Waals surface area (Å²) in [7, 11) is 0. The van der Waals surface area contributed by atoms with Gasteiger partial charge in [-0.05, 0) is 44.0 Å². The molecule has 3 aromatic rings. The largest absolute Gasteiger partial charge is 0.448 e. The Morgan fingerprint density at radius 2 is 2.04 bits per heavy atom. The second kappa shape index (κ2) is 8.16. The summed E-state index contributed by atoms with van der Waals surface area (Å²) in [5.41, 5.74) is 9.05. The zero-order valence-corrected chi connectivity index (χ0v) is 17.3. The van der Waals surface area contributed by atoms with Gasteiger partial charge in [0.2, 0.25) is 0 Å². The summed E-state index contributed by atoms with van der Waals surface area (Å²) in [6.07, 6.45) is -0.976. The van der Waals surface area contributed by atoms with Crippen molar-refractivity contribution in [1.29, 1.82) is 0 Å². The Labute approximate surface area is 171 Å². The molecule has 1 unspecified atom stereocenters. The van der Waals surface area contributed by atoms with Crippen molar-refractivity contribution in [2.75, 3.05) is 5.73 Å². The lowest BCUT2D eigenvalue weighted by atomic mass is 10.1.